The molecule has 114 valence electrons. The predicted octanol–water partition coefficient (Wildman–Crippen LogP) is 4.05. The maximum absolute atomic E-state index is 6.28. The Bertz CT molecular complexity index is 417. The lowest BCUT2D eigenvalue weighted by molar-refractivity contribution is 0.0284. The summed E-state index contributed by atoms with van der Waals surface area (Å²) in [5.41, 5.74) is 10.5. The van der Waals surface area contributed by atoms with Crippen LogP contribution in [0.1, 0.15) is 54.4 Å². The highest BCUT2D eigenvalue weighted by atomic mass is 16.5. The van der Waals surface area contributed by atoms with Crippen molar-refractivity contribution in [3.63, 3.8) is 0 Å². The molecule has 0 bridgehead atoms. The Morgan fingerprint density at radius 1 is 1.40 bits per heavy atom. The summed E-state index contributed by atoms with van der Waals surface area (Å²) in [7, 11) is 0. The summed E-state index contributed by atoms with van der Waals surface area (Å²) in [6, 6.07) is 0. The minimum absolute atomic E-state index is 0.239. The van der Waals surface area contributed by atoms with Crippen molar-refractivity contribution in [1.29, 1.82) is 0 Å². The van der Waals surface area contributed by atoms with E-state index < -0.39 is 0 Å². The molecule has 0 aliphatic carbocycles. The van der Waals surface area contributed by atoms with Crippen molar-refractivity contribution in [2.24, 2.45) is 22.6 Å². The Labute approximate surface area is 124 Å². The van der Waals surface area contributed by atoms with Crippen LogP contribution in [0.4, 0.5) is 0 Å². The third kappa shape index (κ3) is 4.20. The highest BCUT2D eigenvalue weighted by Crippen LogP contribution is 2.25. The van der Waals surface area contributed by atoms with E-state index in [4.69, 9.17) is 15.5 Å². The predicted molar refractivity (Wildman–Crippen MR) is 86.7 cm³/mol. The zero-order valence-electron chi connectivity index (χ0n) is 13.9. The van der Waals surface area contributed by atoms with E-state index >= 15 is 0 Å². The summed E-state index contributed by atoms with van der Waals surface area (Å²) >= 11 is 0. The molecular weight excluding hydrogens is 248 g/mol. The molecule has 0 amide bonds. The fraction of sp³-hybridized carbons (Fsp3) is 0.706. The average Bonchev–Trinajstić information content (AvgIpc) is 2.40. The van der Waals surface area contributed by atoms with Gasteiger partial charge in [0.15, 0.2) is 0 Å². The van der Waals surface area contributed by atoms with Crippen LogP contribution in [0.25, 0.3) is 0 Å². The molecule has 0 aromatic heterocycles. The summed E-state index contributed by atoms with van der Waals surface area (Å²) in [5, 5.41) is 0. The Morgan fingerprint density at radius 3 is 2.45 bits per heavy atom. The van der Waals surface area contributed by atoms with Crippen molar-refractivity contribution in [2.75, 3.05) is 6.61 Å². The molecule has 0 spiro atoms. The van der Waals surface area contributed by atoms with Crippen molar-refractivity contribution < 1.29 is 4.74 Å². The molecule has 0 saturated carbocycles. The fourth-order valence-corrected chi connectivity index (χ4v) is 2.42. The SMILES string of the molecule is C/C=C(\N=C(\CC)C1=C(N)C[C@@H](C(C)C)OC1)C(C)C. The highest BCUT2D eigenvalue weighted by molar-refractivity contribution is 6.01. The topological polar surface area (TPSA) is 47.6 Å². The van der Waals surface area contributed by atoms with Crippen LogP contribution in [0.5, 0.6) is 0 Å². The van der Waals surface area contributed by atoms with Crippen LogP contribution in [0.2, 0.25) is 0 Å². The molecule has 0 radical (unpaired) electrons. The minimum Gasteiger partial charge on any atom is -0.402 e. The first kappa shape index (κ1) is 17.0. The molecule has 0 aromatic rings. The van der Waals surface area contributed by atoms with Crippen LogP contribution >= 0.6 is 0 Å². The van der Waals surface area contributed by atoms with E-state index in [1.54, 1.807) is 0 Å². The van der Waals surface area contributed by atoms with Crippen LogP contribution < -0.4 is 5.73 Å². The largest absolute Gasteiger partial charge is 0.402 e. The smallest absolute Gasteiger partial charge is 0.0755 e. The number of aliphatic imine (C=N–C) groups is 1. The van der Waals surface area contributed by atoms with Crippen LogP contribution in [0.3, 0.4) is 0 Å². The van der Waals surface area contributed by atoms with Gasteiger partial charge in [0, 0.05) is 29.1 Å². The first-order valence-electron chi connectivity index (χ1n) is 7.73. The van der Waals surface area contributed by atoms with Crippen LogP contribution in [-0.4, -0.2) is 18.4 Å². The third-order valence-electron chi connectivity index (χ3n) is 3.83. The van der Waals surface area contributed by atoms with Gasteiger partial charge < -0.3 is 10.5 Å². The molecule has 20 heavy (non-hydrogen) atoms. The molecule has 0 unspecified atom stereocenters. The fourth-order valence-electron chi connectivity index (χ4n) is 2.42. The second-order valence-electron chi connectivity index (χ2n) is 6.08. The Hall–Kier alpha value is -1.09. The van der Waals surface area contributed by atoms with Gasteiger partial charge in [0.25, 0.3) is 0 Å². The lowest BCUT2D eigenvalue weighted by Gasteiger charge is -2.29. The van der Waals surface area contributed by atoms with Crippen molar-refractivity contribution in [3.8, 4) is 0 Å². The van der Waals surface area contributed by atoms with Crippen LogP contribution in [-0.2, 0) is 4.74 Å². The molecule has 2 N–H and O–H groups in total. The molecule has 0 saturated heterocycles. The molecule has 3 heteroatoms. The van der Waals surface area contributed by atoms with Gasteiger partial charge in [-0.2, -0.15) is 0 Å². The van der Waals surface area contributed by atoms with Gasteiger partial charge in [-0.25, -0.2) is 0 Å². The zero-order valence-corrected chi connectivity index (χ0v) is 13.9. The Kier molecular flexibility index (Phi) is 6.47. The monoisotopic (exact) mass is 278 g/mol. The van der Waals surface area contributed by atoms with Crippen LogP contribution in [0, 0.1) is 11.8 Å². The minimum atomic E-state index is 0.239. The Balaban J connectivity index is 3.02. The van der Waals surface area contributed by atoms with E-state index in [0.29, 0.717) is 18.4 Å². The number of hydrogen-bond donors (Lipinski definition) is 1. The lowest BCUT2D eigenvalue weighted by atomic mass is 9.95. The zero-order chi connectivity index (χ0) is 15.3. The van der Waals surface area contributed by atoms with E-state index in [2.05, 4.69) is 40.7 Å². The molecule has 1 aliphatic heterocycles. The van der Waals surface area contributed by atoms with E-state index in [0.717, 1.165) is 35.5 Å². The summed E-state index contributed by atoms with van der Waals surface area (Å²) in [5.74, 6) is 0.926. The quantitative estimate of drug-likeness (QED) is 0.771. The summed E-state index contributed by atoms with van der Waals surface area (Å²) in [4.78, 5) is 4.82. The third-order valence-corrected chi connectivity index (χ3v) is 3.83. The molecule has 0 fully saturated rings. The number of nitrogens with two attached hydrogens (primary N) is 1. The molecule has 1 aliphatic rings. The van der Waals surface area contributed by atoms with Crippen molar-refractivity contribution >= 4 is 5.71 Å². The molecule has 1 heterocycles. The van der Waals surface area contributed by atoms with E-state index in [9.17, 15) is 0 Å². The highest BCUT2D eigenvalue weighted by Gasteiger charge is 2.24. The average molecular weight is 278 g/mol. The molecule has 0 aromatic carbocycles. The number of nitrogens with zero attached hydrogens (tertiary/aromatic N) is 1. The van der Waals surface area contributed by atoms with E-state index in [1.165, 1.54) is 0 Å². The first-order valence-corrected chi connectivity index (χ1v) is 7.73. The van der Waals surface area contributed by atoms with Gasteiger partial charge in [-0.3, -0.25) is 4.99 Å². The normalized spacial score (nSPS) is 22.1. The van der Waals surface area contributed by atoms with Crippen molar-refractivity contribution in [3.05, 3.63) is 23.0 Å². The summed E-state index contributed by atoms with van der Waals surface area (Å²) in [6.07, 6.45) is 4.02. The van der Waals surface area contributed by atoms with Gasteiger partial charge in [0.1, 0.15) is 0 Å². The van der Waals surface area contributed by atoms with Crippen molar-refractivity contribution in [1.82, 2.24) is 0 Å². The maximum atomic E-state index is 6.28. The second-order valence-corrected chi connectivity index (χ2v) is 6.08. The molecular formula is C17H30N2O. The van der Waals surface area contributed by atoms with Crippen molar-refractivity contribution in [2.45, 2.75) is 60.5 Å². The molecule has 3 nitrogen and oxygen atoms in total. The van der Waals surface area contributed by atoms with Gasteiger partial charge in [0.05, 0.1) is 12.7 Å². The van der Waals surface area contributed by atoms with Crippen LogP contribution in [0.15, 0.2) is 28.0 Å². The Morgan fingerprint density at radius 2 is 2.05 bits per heavy atom. The number of rotatable bonds is 5. The maximum Gasteiger partial charge on any atom is 0.0755 e. The second kappa shape index (κ2) is 7.63. The van der Waals surface area contributed by atoms with E-state index in [1.807, 2.05) is 6.92 Å². The molecule has 1 rings (SSSR count). The lowest BCUT2D eigenvalue weighted by Crippen LogP contribution is -2.31. The summed E-state index contributed by atoms with van der Waals surface area (Å²) < 4.78 is 5.94. The van der Waals surface area contributed by atoms with Gasteiger partial charge in [-0.05, 0) is 25.2 Å². The molecule has 1 atom stereocenters. The van der Waals surface area contributed by atoms with Gasteiger partial charge in [-0.15, -0.1) is 0 Å². The van der Waals surface area contributed by atoms with E-state index in [-0.39, 0.29) is 6.10 Å². The van der Waals surface area contributed by atoms with Gasteiger partial charge in [0.2, 0.25) is 0 Å². The van der Waals surface area contributed by atoms with Gasteiger partial charge in [-0.1, -0.05) is 40.7 Å². The number of allylic oxidation sites excluding steroid dienone is 2. The standard InChI is InChI=1S/C17H30N2O/c1-7-15(11(3)4)19-16(8-2)13-10-20-17(12(5)6)9-14(13)18/h7,11-12,17H,8-10,18H2,1-6H3/b15-7-,19-16-/t17-/m0/s1. The number of ether oxygens (including phenoxy) is 1. The summed E-state index contributed by atoms with van der Waals surface area (Å²) in [6.45, 7) is 13.4. The first-order chi connectivity index (χ1) is 9.40. The van der Waals surface area contributed by atoms with Gasteiger partial charge >= 0.3 is 0 Å². The number of hydrogen-bond acceptors (Lipinski definition) is 3.